The molecule has 10 heteroatoms. The van der Waals surface area contributed by atoms with Crippen molar-refractivity contribution >= 4 is 90.0 Å². The number of piperazine rings is 1. The van der Waals surface area contributed by atoms with E-state index >= 15 is 0 Å². The van der Waals surface area contributed by atoms with Crippen LogP contribution in [0.1, 0.15) is 0 Å². The summed E-state index contributed by atoms with van der Waals surface area (Å²) in [7, 11) is 0. The molecule has 0 saturated carbocycles. The SMILES string of the molecule is O[C@H](CN1CCN(C[C@@H](O)Cn2c3ccc(Cl)cc3c3cc(Cl)ccc32)CC1)Cn1c2ccc(Cl)cc2c2cc(Cl)ccc21. The zero-order valence-corrected chi connectivity index (χ0v) is 27.0. The number of aliphatic hydroxyl groups excluding tert-OH is 2. The van der Waals surface area contributed by atoms with Crippen LogP contribution in [0, 0.1) is 0 Å². The average Bonchev–Trinajstić information content (AvgIpc) is 3.44. The van der Waals surface area contributed by atoms with Gasteiger partial charge in [-0.1, -0.05) is 46.4 Å². The molecule has 3 heterocycles. The van der Waals surface area contributed by atoms with E-state index in [1.807, 2.05) is 72.8 Å². The first-order valence-corrected chi connectivity index (χ1v) is 16.3. The maximum Gasteiger partial charge on any atom is 0.0845 e. The van der Waals surface area contributed by atoms with E-state index in [-0.39, 0.29) is 0 Å². The molecule has 0 spiro atoms. The Morgan fingerprint density at radius 2 is 0.727 bits per heavy atom. The predicted molar refractivity (Wildman–Crippen MR) is 184 cm³/mol. The van der Waals surface area contributed by atoms with Crippen LogP contribution in [0.2, 0.25) is 20.1 Å². The van der Waals surface area contributed by atoms with Gasteiger partial charge in [0.2, 0.25) is 0 Å². The molecule has 0 aliphatic carbocycles. The first-order chi connectivity index (χ1) is 21.2. The van der Waals surface area contributed by atoms with Gasteiger partial charge in [0.05, 0.1) is 25.3 Å². The fourth-order valence-electron chi connectivity index (χ4n) is 6.78. The van der Waals surface area contributed by atoms with Crippen molar-refractivity contribution in [3.8, 4) is 0 Å². The lowest BCUT2D eigenvalue weighted by atomic mass is 10.1. The number of halogens is 4. The van der Waals surface area contributed by atoms with Gasteiger partial charge in [-0.25, -0.2) is 0 Å². The highest BCUT2D eigenvalue weighted by Gasteiger charge is 2.23. The van der Waals surface area contributed by atoms with E-state index in [1.165, 1.54) is 0 Å². The quantitative estimate of drug-likeness (QED) is 0.176. The van der Waals surface area contributed by atoms with Crippen molar-refractivity contribution in [1.82, 2.24) is 18.9 Å². The largest absolute Gasteiger partial charge is 0.390 e. The second-order valence-corrected chi connectivity index (χ2v) is 13.5. The Morgan fingerprint density at radius 3 is 1.00 bits per heavy atom. The van der Waals surface area contributed by atoms with E-state index in [0.29, 0.717) is 46.3 Å². The van der Waals surface area contributed by atoms with E-state index in [4.69, 9.17) is 46.4 Å². The second-order valence-electron chi connectivity index (χ2n) is 11.8. The molecule has 4 aromatic carbocycles. The molecule has 0 amide bonds. The fourth-order valence-corrected chi connectivity index (χ4v) is 7.47. The summed E-state index contributed by atoms with van der Waals surface area (Å²) in [5.41, 5.74) is 4.11. The van der Waals surface area contributed by atoms with Crippen LogP contribution in [-0.4, -0.2) is 80.6 Å². The molecule has 1 aliphatic heterocycles. The number of benzene rings is 4. The number of nitrogens with zero attached hydrogens (tertiary/aromatic N) is 4. The van der Waals surface area contributed by atoms with E-state index in [9.17, 15) is 10.2 Å². The Morgan fingerprint density at radius 1 is 0.455 bits per heavy atom. The van der Waals surface area contributed by atoms with E-state index < -0.39 is 12.2 Å². The number of aromatic nitrogens is 2. The fraction of sp³-hybridized carbons (Fsp3) is 0.294. The minimum absolute atomic E-state index is 0.470. The predicted octanol–water partition coefficient (Wildman–Crippen LogP) is 7.56. The molecule has 6 nitrogen and oxygen atoms in total. The minimum Gasteiger partial charge on any atom is -0.390 e. The number of aliphatic hydroxyl groups is 2. The Bertz CT molecular complexity index is 1730. The normalized spacial score (nSPS) is 16.5. The summed E-state index contributed by atoms with van der Waals surface area (Å²) >= 11 is 25.2. The van der Waals surface area contributed by atoms with Crippen LogP contribution in [-0.2, 0) is 13.1 Å². The number of fused-ring (bicyclic) bond motifs is 6. The Labute approximate surface area is 275 Å². The van der Waals surface area contributed by atoms with Gasteiger partial charge >= 0.3 is 0 Å². The summed E-state index contributed by atoms with van der Waals surface area (Å²) < 4.78 is 4.32. The van der Waals surface area contributed by atoms with Crippen LogP contribution in [0.3, 0.4) is 0 Å². The van der Waals surface area contributed by atoms with Crippen LogP contribution >= 0.6 is 46.4 Å². The summed E-state index contributed by atoms with van der Waals surface area (Å²) in [6, 6.07) is 23.4. The third kappa shape index (κ3) is 5.91. The Kier molecular flexibility index (Phi) is 8.46. The monoisotopic (exact) mass is 668 g/mol. The van der Waals surface area contributed by atoms with E-state index in [0.717, 1.165) is 69.8 Å². The van der Waals surface area contributed by atoms with E-state index in [2.05, 4.69) is 18.9 Å². The first-order valence-electron chi connectivity index (χ1n) is 14.8. The molecular formula is C34H32Cl4N4O2. The molecule has 0 unspecified atom stereocenters. The lowest BCUT2D eigenvalue weighted by Crippen LogP contribution is -2.50. The van der Waals surface area contributed by atoms with Crippen molar-refractivity contribution in [3.05, 3.63) is 92.9 Å². The highest BCUT2D eigenvalue weighted by molar-refractivity contribution is 6.34. The summed E-state index contributed by atoms with van der Waals surface area (Å²) in [4.78, 5) is 4.60. The minimum atomic E-state index is -0.547. The summed E-state index contributed by atoms with van der Waals surface area (Å²) in [5.74, 6) is 0. The Hall–Kier alpha value is -2.52. The third-order valence-electron chi connectivity index (χ3n) is 8.77. The van der Waals surface area contributed by atoms with Crippen molar-refractivity contribution in [2.45, 2.75) is 25.3 Å². The molecule has 44 heavy (non-hydrogen) atoms. The van der Waals surface area contributed by atoms with Gasteiger partial charge < -0.3 is 19.3 Å². The highest BCUT2D eigenvalue weighted by Crippen LogP contribution is 2.34. The van der Waals surface area contributed by atoms with Gasteiger partial charge in [0.15, 0.2) is 0 Å². The van der Waals surface area contributed by atoms with Crippen LogP contribution in [0.4, 0.5) is 0 Å². The summed E-state index contributed by atoms with van der Waals surface area (Å²) in [6.07, 6.45) is -1.09. The molecule has 2 atom stereocenters. The topological polar surface area (TPSA) is 56.8 Å². The summed E-state index contributed by atoms with van der Waals surface area (Å²) in [5, 5.41) is 29.2. The molecular weight excluding hydrogens is 638 g/mol. The number of β-amino-alcohol motifs (C(OH)–C–C–N with tert-alkyl or cyclic N) is 2. The maximum absolute atomic E-state index is 11.2. The van der Waals surface area contributed by atoms with Crippen LogP contribution < -0.4 is 0 Å². The van der Waals surface area contributed by atoms with Crippen LogP contribution in [0.25, 0.3) is 43.6 Å². The molecule has 1 fully saturated rings. The molecule has 1 saturated heterocycles. The molecule has 1 aliphatic rings. The van der Waals surface area contributed by atoms with Gasteiger partial charge in [-0.05, 0) is 72.8 Å². The van der Waals surface area contributed by atoms with E-state index in [1.54, 1.807) is 0 Å². The lowest BCUT2D eigenvalue weighted by molar-refractivity contribution is 0.0415. The van der Waals surface area contributed by atoms with Gasteiger partial charge in [0, 0.05) is 103 Å². The highest BCUT2D eigenvalue weighted by atomic mass is 35.5. The standard InChI is InChI=1S/C34H32Cl4N4O2/c35-21-1-5-31-27(13-21)28-14-22(36)2-6-32(28)41(31)19-25(43)17-39-9-11-40(12-10-39)18-26(44)20-42-33-7-3-23(37)15-29(33)30-16-24(38)4-8-34(30)42/h1-8,13-16,25-26,43-44H,9-12,17-20H2/t25-,26-/m1/s1. The van der Waals surface area contributed by atoms with Crippen molar-refractivity contribution in [2.75, 3.05) is 39.3 Å². The summed E-state index contributed by atoms with van der Waals surface area (Å²) in [6.45, 7) is 5.40. The third-order valence-corrected chi connectivity index (χ3v) is 9.71. The number of rotatable bonds is 8. The molecule has 228 valence electrons. The Balaban J connectivity index is 0.983. The maximum atomic E-state index is 11.2. The molecule has 7 rings (SSSR count). The molecule has 0 radical (unpaired) electrons. The lowest BCUT2D eigenvalue weighted by Gasteiger charge is -2.36. The van der Waals surface area contributed by atoms with Gasteiger partial charge in [-0.15, -0.1) is 0 Å². The zero-order chi connectivity index (χ0) is 30.5. The number of hydrogen-bond donors (Lipinski definition) is 2. The molecule has 6 aromatic rings. The first kappa shape index (κ1) is 30.2. The van der Waals surface area contributed by atoms with Crippen molar-refractivity contribution in [3.63, 3.8) is 0 Å². The zero-order valence-electron chi connectivity index (χ0n) is 23.9. The average molecular weight is 670 g/mol. The molecule has 2 aromatic heterocycles. The van der Waals surface area contributed by atoms with Gasteiger partial charge in [0.25, 0.3) is 0 Å². The molecule has 2 N–H and O–H groups in total. The second kappa shape index (κ2) is 12.3. The van der Waals surface area contributed by atoms with Crippen LogP contribution in [0.5, 0.6) is 0 Å². The van der Waals surface area contributed by atoms with Gasteiger partial charge in [0.1, 0.15) is 0 Å². The van der Waals surface area contributed by atoms with Gasteiger partial charge in [-0.3, -0.25) is 9.80 Å². The molecule has 0 bridgehead atoms. The van der Waals surface area contributed by atoms with Crippen molar-refractivity contribution < 1.29 is 10.2 Å². The van der Waals surface area contributed by atoms with Gasteiger partial charge in [-0.2, -0.15) is 0 Å². The number of hydrogen-bond acceptors (Lipinski definition) is 4. The smallest absolute Gasteiger partial charge is 0.0845 e. The van der Waals surface area contributed by atoms with Crippen molar-refractivity contribution in [2.24, 2.45) is 0 Å². The van der Waals surface area contributed by atoms with Crippen molar-refractivity contribution in [1.29, 1.82) is 0 Å². The van der Waals surface area contributed by atoms with Crippen LogP contribution in [0.15, 0.2) is 72.8 Å².